The molecule has 0 radical (unpaired) electrons. The van der Waals surface area contributed by atoms with Gasteiger partial charge in [-0.1, -0.05) is 6.07 Å². The molecule has 162 valence electrons. The third-order valence-corrected chi connectivity index (χ3v) is 6.07. The normalized spacial score (nSPS) is 12.5. The van der Waals surface area contributed by atoms with E-state index >= 15 is 0 Å². The first kappa shape index (κ1) is 21.2. The lowest BCUT2D eigenvalue weighted by molar-refractivity contribution is -0.118. The summed E-state index contributed by atoms with van der Waals surface area (Å²) in [6.07, 6.45) is 0. The molecule has 0 aliphatic heterocycles. The van der Waals surface area contributed by atoms with Gasteiger partial charge in [-0.05, 0) is 62.9 Å². The maximum Gasteiger partial charge on any atom is 0.419 e. The summed E-state index contributed by atoms with van der Waals surface area (Å²) in [4.78, 5) is 28.1. The second-order valence-electron chi connectivity index (χ2n) is 7.37. The molecule has 4 rings (SSSR count). The van der Waals surface area contributed by atoms with Crippen LogP contribution in [0.25, 0.3) is 21.8 Å². The number of hydrogen-bond donors (Lipinski definition) is 2. The van der Waals surface area contributed by atoms with Gasteiger partial charge < -0.3 is 14.6 Å². The van der Waals surface area contributed by atoms with Gasteiger partial charge in [0, 0.05) is 18.8 Å². The van der Waals surface area contributed by atoms with Crippen molar-refractivity contribution >= 4 is 46.2 Å². The van der Waals surface area contributed by atoms with E-state index in [0.717, 1.165) is 4.88 Å². The molecule has 3 heterocycles. The summed E-state index contributed by atoms with van der Waals surface area (Å²) >= 11 is 6.88. The Balaban J connectivity index is 1.60. The molecule has 1 amide bonds. The van der Waals surface area contributed by atoms with Crippen LogP contribution < -0.4 is 11.1 Å². The van der Waals surface area contributed by atoms with Crippen LogP contribution in [0.3, 0.4) is 0 Å². The summed E-state index contributed by atoms with van der Waals surface area (Å²) in [5.74, 6) is -0.0511. The average molecular weight is 459 g/mol. The van der Waals surface area contributed by atoms with Crippen molar-refractivity contribution in [2.45, 2.75) is 19.5 Å². The number of anilines is 1. The highest BCUT2D eigenvalue weighted by Gasteiger charge is 2.22. The van der Waals surface area contributed by atoms with E-state index in [2.05, 4.69) is 15.5 Å². The zero-order valence-electron chi connectivity index (χ0n) is 17.3. The Kier molecular flexibility index (Phi) is 5.90. The SMILES string of the molecule is CC(C(=O)Nc1ccc2oc(=O)n(CCN(C)C)c2c1)n1c(-c2cccs2)n[nH]c1=S. The monoisotopic (exact) mass is 458 g/mol. The van der Waals surface area contributed by atoms with Gasteiger partial charge in [-0.2, -0.15) is 5.10 Å². The number of fused-ring (bicyclic) bond motifs is 1. The van der Waals surface area contributed by atoms with Crippen molar-refractivity contribution in [2.24, 2.45) is 0 Å². The summed E-state index contributed by atoms with van der Waals surface area (Å²) in [6.45, 7) is 2.94. The number of aromatic nitrogens is 4. The van der Waals surface area contributed by atoms with E-state index in [9.17, 15) is 9.59 Å². The minimum Gasteiger partial charge on any atom is -0.408 e. The lowest BCUT2D eigenvalue weighted by Crippen LogP contribution is -2.25. The van der Waals surface area contributed by atoms with E-state index in [1.54, 1.807) is 34.3 Å². The van der Waals surface area contributed by atoms with Gasteiger partial charge in [0.15, 0.2) is 16.2 Å². The first-order valence-corrected chi connectivity index (χ1v) is 10.9. The number of carbonyl (C=O) groups excluding carboxylic acids is 1. The van der Waals surface area contributed by atoms with E-state index in [-0.39, 0.29) is 5.91 Å². The molecule has 9 nitrogen and oxygen atoms in total. The highest BCUT2D eigenvalue weighted by Crippen LogP contribution is 2.26. The molecule has 2 N–H and O–H groups in total. The first-order valence-electron chi connectivity index (χ1n) is 9.65. The highest BCUT2D eigenvalue weighted by atomic mass is 32.1. The molecule has 0 bridgehead atoms. The number of hydrogen-bond acceptors (Lipinski definition) is 7. The molecule has 3 aromatic heterocycles. The van der Waals surface area contributed by atoms with Gasteiger partial charge >= 0.3 is 5.76 Å². The molecule has 31 heavy (non-hydrogen) atoms. The molecule has 0 aliphatic carbocycles. The van der Waals surface area contributed by atoms with Gasteiger partial charge in [0.1, 0.15) is 6.04 Å². The standard InChI is InChI=1S/C20H22N6O3S2/c1-12(26-17(22-23-19(26)30)16-5-4-10-31-16)18(27)21-13-6-7-15-14(11-13)25(20(28)29-15)9-8-24(2)3/h4-7,10-12H,8-9H2,1-3H3,(H,21,27)(H,23,30). The van der Waals surface area contributed by atoms with Gasteiger partial charge in [-0.15, -0.1) is 11.3 Å². The van der Waals surface area contributed by atoms with Crippen molar-refractivity contribution in [3.05, 3.63) is 51.0 Å². The summed E-state index contributed by atoms with van der Waals surface area (Å²) in [5, 5.41) is 11.9. The van der Waals surface area contributed by atoms with Gasteiger partial charge in [0.25, 0.3) is 0 Å². The molecule has 1 aromatic carbocycles. The summed E-state index contributed by atoms with van der Waals surface area (Å²) < 4.78 is 8.95. The molecular formula is C20H22N6O3S2. The zero-order chi connectivity index (χ0) is 22.1. The van der Waals surface area contributed by atoms with Gasteiger partial charge in [-0.25, -0.2) is 4.79 Å². The van der Waals surface area contributed by atoms with Crippen LogP contribution in [0.4, 0.5) is 5.69 Å². The van der Waals surface area contributed by atoms with Crippen LogP contribution in [0, 0.1) is 4.77 Å². The van der Waals surface area contributed by atoms with Gasteiger partial charge in [0.05, 0.1) is 10.4 Å². The predicted octanol–water partition coefficient (Wildman–Crippen LogP) is 3.34. The van der Waals surface area contributed by atoms with Crippen molar-refractivity contribution in [3.8, 4) is 10.7 Å². The number of nitrogens with zero attached hydrogens (tertiary/aromatic N) is 4. The minimum atomic E-state index is -0.598. The van der Waals surface area contributed by atoms with Crippen LogP contribution in [0.15, 0.2) is 44.9 Å². The largest absolute Gasteiger partial charge is 0.419 e. The van der Waals surface area contributed by atoms with Crippen LogP contribution in [-0.4, -0.2) is 50.8 Å². The molecule has 0 fully saturated rings. The molecule has 11 heteroatoms. The van der Waals surface area contributed by atoms with Crippen molar-refractivity contribution in [2.75, 3.05) is 26.0 Å². The lowest BCUT2D eigenvalue weighted by atomic mass is 10.2. The lowest BCUT2D eigenvalue weighted by Gasteiger charge is -2.15. The van der Waals surface area contributed by atoms with Crippen molar-refractivity contribution in [1.29, 1.82) is 0 Å². The second-order valence-corrected chi connectivity index (χ2v) is 8.70. The molecule has 4 aromatic rings. The number of amides is 1. The van der Waals surface area contributed by atoms with Gasteiger partial charge in [0.2, 0.25) is 5.91 Å². The smallest absolute Gasteiger partial charge is 0.408 e. The van der Waals surface area contributed by atoms with Crippen molar-refractivity contribution in [1.82, 2.24) is 24.2 Å². The maximum absolute atomic E-state index is 13.0. The van der Waals surface area contributed by atoms with Gasteiger partial charge in [-0.3, -0.25) is 19.0 Å². The number of carbonyl (C=O) groups is 1. The molecule has 0 saturated carbocycles. The molecule has 0 aliphatic rings. The van der Waals surface area contributed by atoms with E-state index in [0.29, 0.717) is 40.5 Å². The fourth-order valence-corrected chi connectivity index (χ4v) is 4.26. The molecule has 1 unspecified atom stereocenters. The Morgan fingerprint density at radius 2 is 2.19 bits per heavy atom. The Morgan fingerprint density at radius 3 is 2.90 bits per heavy atom. The van der Waals surface area contributed by atoms with E-state index in [4.69, 9.17) is 16.6 Å². The summed E-state index contributed by atoms with van der Waals surface area (Å²) in [5.41, 5.74) is 1.68. The third-order valence-electron chi connectivity index (χ3n) is 4.92. The Morgan fingerprint density at radius 1 is 1.39 bits per heavy atom. The maximum atomic E-state index is 13.0. The summed E-state index contributed by atoms with van der Waals surface area (Å²) in [7, 11) is 3.87. The minimum absolute atomic E-state index is 0.250. The number of oxazole rings is 1. The number of thiophene rings is 1. The number of benzene rings is 1. The van der Waals surface area contributed by atoms with Crippen molar-refractivity contribution in [3.63, 3.8) is 0 Å². The molecular weight excluding hydrogens is 436 g/mol. The topological polar surface area (TPSA) is 101 Å². The number of aromatic amines is 1. The zero-order valence-corrected chi connectivity index (χ0v) is 18.9. The van der Waals surface area contributed by atoms with Crippen molar-refractivity contribution < 1.29 is 9.21 Å². The van der Waals surface area contributed by atoms with E-state index in [1.165, 1.54) is 11.3 Å². The Bertz CT molecular complexity index is 1330. The molecule has 0 spiro atoms. The predicted molar refractivity (Wildman–Crippen MR) is 123 cm³/mol. The first-order chi connectivity index (χ1) is 14.8. The number of rotatable bonds is 7. The van der Waals surface area contributed by atoms with Crippen LogP contribution in [-0.2, 0) is 11.3 Å². The fraction of sp³-hybridized carbons (Fsp3) is 0.300. The quantitative estimate of drug-likeness (QED) is 0.412. The number of likely N-dealkylation sites (N-methyl/N-ethyl adjacent to an activating group) is 1. The number of H-pyrrole nitrogens is 1. The second kappa shape index (κ2) is 8.61. The summed E-state index contributed by atoms with van der Waals surface area (Å²) in [6, 6.07) is 8.39. The van der Waals surface area contributed by atoms with Crippen LogP contribution >= 0.6 is 23.6 Å². The Labute approximate surface area is 186 Å². The van der Waals surface area contributed by atoms with Crippen LogP contribution in [0.1, 0.15) is 13.0 Å². The molecule has 1 atom stereocenters. The highest BCUT2D eigenvalue weighted by molar-refractivity contribution is 7.71. The molecule has 0 saturated heterocycles. The van der Waals surface area contributed by atoms with E-state index < -0.39 is 11.8 Å². The fourth-order valence-electron chi connectivity index (χ4n) is 3.26. The third kappa shape index (κ3) is 4.24. The van der Waals surface area contributed by atoms with E-state index in [1.807, 2.05) is 36.5 Å². The average Bonchev–Trinajstić information content (AvgIpc) is 3.44. The Hall–Kier alpha value is -3.02. The number of nitrogens with one attached hydrogen (secondary N) is 2. The van der Waals surface area contributed by atoms with Crippen LogP contribution in [0.5, 0.6) is 0 Å². The van der Waals surface area contributed by atoms with Crippen LogP contribution in [0.2, 0.25) is 0 Å².